The van der Waals surface area contributed by atoms with Gasteiger partial charge in [0.2, 0.25) is 12.3 Å². The SMILES string of the molecule is O=CNCC(=O)NCCOCCOCCC(=O)O. The molecule has 0 aliphatic rings. The van der Waals surface area contributed by atoms with Crippen LogP contribution in [-0.2, 0) is 23.9 Å². The molecule has 0 saturated heterocycles. The highest BCUT2D eigenvalue weighted by atomic mass is 16.5. The van der Waals surface area contributed by atoms with Crippen molar-refractivity contribution in [3.8, 4) is 0 Å². The summed E-state index contributed by atoms with van der Waals surface area (Å²) in [5.74, 6) is -1.19. The fraction of sp³-hybridized carbons (Fsp3) is 0.700. The number of amides is 2. The Morgan fingerprint density at radius 3 is 2.39 bits per heavy atom. The van der Waals surface area contributed by atoms with Crippen LogP contribution in [0.3, 0.4) is 0 Å². The fourth-order valence-corrected chi connectivity index (χ4v) is 0.941. The largest absolute Gasteiger partial charge is 0.481 e. The van der Waals surface area contributed by atoms with Crippen LogP contribution in [0.15, 0.2) is 0 Å². The molecule has 8 nitrogen and oxygen atoms in total. The Labute approximate surface area is 105 Å². The van der Waals surface area contributed by atoms with Crippen LogP contribution in [0.2, 0.25) is 0 Å². The molecular weight excluding hydrogens is 244 g/mol. The van der Waals surface area contributed by atoms with E-state index in [1.165, 1.54) is 0 Å². The van der Waals surface area contributed by atoms with Gasteiger partial charge in [0, 0.05) is 6.54 Å². The van der Waals surface area contributed by atoms with Crippen LogP contribution >= 0.6 is 0 Å². The van der Waals surface area contributed by atoms with Crippen molar-refractivity contribution in [3.05, 3.63) is 0 Å². The molecule has 8 heteroatoms. The van der Waals surface area contributed by atoms with E-state index < -0.39 is 5.97 Å². The first-order chi connectivity index (χ1) is 8.66. The summed E-state index contributed by atoms with van der Waals surface area (Å²) < 4.78 is 10.1. The third kappa shape index (κ3) is 12.4. The molecule has 18 heavy (non-hydrogen) atoms. The van der Waals surface area contributed by atoms with Gasteiger partial charge in [-0.05, 0) is 0 Å². The number of carbonyl (C=O) groups excluding carboxylic acids is 2. The van der Waals surface area contributed by atoms with Gasteiger partial charge in [-0.1, -0.05) is 0 Å². The average molecular weight is 262 g/mol. The molecule has 0 saturated carbocycles. The van der Waals surface area contributed by atoms with Gasteiger partial charge >= 0.3 is 5.97 Å². The number of carboxylic acids is 1. The molecule has 0 aliphatic carbocycles. The minimum absolute atomic E-state index is 0.0280. The minimum Gasteiger partial charge on any atom is -0.481 e. The number of nitrogens with one attached hydrogen (secondary N) is 2. The van der Waals surface area contributed by atoms with Gasteiger partial charge in [-0.3, -0.25) is 14.4 Å². The van der Waals surface area contributed by atoms with Crippen LogP contribution in [-0.4, -0.2) is 62.9 Å². The first-order valence-electron chi connectivity index (χ1n) is 5.48. The van der Waals surface area contributed by atoms with Gasteiger partial charge in [0.25, 0.3) is 0 Å². The topological polar surface area (TPSA) is 114 Å². The van der Waals surface area contributed by atoms with E-state index in [4.69, 9.17) is 14.6 Å². The Morgan fingerprint density at radius 1 is 1.11 bits per heavy atom. The zero-order valence-electron chi connectivity index (χ0n) is 10.0. The van der Waals surface area contributed by atoms with E-state index in [2.05, 4.69) is 10.6 Å². The number of hydrogen-bond donors (Lipinski definition) is 3. The number of ether oxygens (including phenoxy) is 2. The lowest BCUT2D eigenvalue weighted by atomic mass is 10.5. The molecule has 0 aliphatic heterocycles. The molecule has 0 rings (SSSR count). The predicted molar refractivity (Wildman–Crippen MR) is 61.0 cm³/mol. The molecule has 0 spiro atoms. The highest BCUT2D eigenvalue weighted by Crippen LogP contribution is 1.83. The van der Waals surface area contributed by atoms with Gasteiger partial charge in [-0.15, -0.1) is 0 Å². The second-order valence-electron chi connectivity index (χ2n) is 3.22. The summed E-state index contributed by atoms with van der Waals surface area (Å²) >= 11 is 0. The maximum Gasteiger partial charge on any atom is 0.305 e. The lowest BCUT2D eigenvalue weighted by Gasteiger charge is -2.06. The van der Waals surface area contributed by atoms with E-state index in [-0.39, 0.29) is 25.5 Å². The number of carboxylic acid groups (broad SMARTS) is 1. The molecule has 0 radical (unpaired) electrons. The van der Waals surface area contributed by atoms with Gasteiger partial charge in [-0.25, -0.2) is 0 Å². The molecule has 3 N–H and O–H groups in total. The van der Waals surface area contributed by atoms with Crippen LogP contribution in [0, 0.1) is 0 Å². The van der Waals surface area contributed by atoms with Crippen molar-refractivity contribution < 1.29 is 29.0 Å². The first-order valence-corrected chi connectivity index (χ1v) is 5.48. The van der Waals surface area contributed by atoms with E-state index in [9.17, 15) is 14.4 Å². The third-order valence-corrected chi connectivity index (χ3v) is 1.75. The zero-order valence-corrected chi connectivity index (χ0v) is 10.0. The Bertz CT molecular complexity index is 259. The number of hydrogen-bond acceptors (Lipinski definition) is 5. The van der Waals surface area contributed by atoms with Gasteiger partial charge < -0.3 is 25.2 Å². The lowest BCUT2D eigenvalue weighted by Crippen LogP contribution is -2.35. The summed E-state index contributed by atoms with van der Waals surface area (Å²) in [4.78, 5) is 31.0. The quantitative estimate of drug-likeness (QED) is 0.287. The van der Waals surface area contributed by atoms with Crippen LogP contribution in [0.5, 0.6) is 0 Å². The van der Waals surface area contributed by atoms with Gasteiger partial charge in [0.15, 0.2) is 0 Å². The Morgan fingerprint density at radius 2 is 1.78 bits per heavy atom. The molecule has 0 bridgehead atoms. The van der Waals surface area contributed by atoms with Crippen LogP contribution < -0.4 is 10.6 Å². The Balaban J connectivity index is 3.13. The highest BCUT2D eigenvalue weighted by molar-refractivity contribution is 5.79. The molecule has 0 atom stereocenters. The van der Waals surface area contributed by atoms with Crippen LogP contribution in [0.25, 0.3) is 0 Å². The molecule has 0 fully saturated rings. The van der Waals surface area contributed by atoms with Crippen LogP contribution in [0.4, 0.5) is 0 Å². The molecule has 0 heterocycles. The van der Waals surface area contributed by atoms with Crippen molar-refractivity contribution in [2.45, 2.75) is 6.42 Å². The molecule has 0 aromatic rings. The third-order valence-electron chi connectivity index (χ3n) is 1.75. The maximum absolute atomic E-state index is 11.0. The van der Waals surface area contributed by atoms with E-state index in [1.54, 1.807) is 0 Å². The van der Waals surface area contributed by atoms with Crippen LogP contribution in [0.1, 0.15) is 6.42 Å². The Kier molecular flexibility index (Phi) is 10.7. The molecule has 0 aromatic carbocycles. The van der Waals surface area contributed by atoms with Gasteiger partial charge in [0.05, 0.1) is 39.4 Å². The number of rotatable bonds is 12. The molecule has 0 aromatic heterocycles. The summed E-state index contributed by atoms with van der Waals surface area (Å²) in [6, 6.07) is 0. The summed E-state index contributed by atoms with van der Waals surface area (Å²) in [5, 5.41) is 13.1. The van der Waals surface area contributed by atoms with Gasteiger partial charge in [-0.2, -0.15) is 0 Å². The summed E-state index contributed by atoms with van der Waals surface area (Å²) in [7, 11) is 0. The second-order valence-corrected chi connectivity index (χ2v) is 3.22. The standard InChI is InChI=1S/C10H18N2O6/c13-8-11-7-9(14)12-2-4-18-6-5-17-3-1-10(15)16/h8H,1-7H2,(H,11,13)(H,12,14)(H,15,16). The normalized spacial score (nSPS) is 9.78. The predicted octanol–water partition coefficient (Wildman–Crippen LogP) is -1.64. The smallest absolute Gasteiger partial charge is 0.305 e. The summed E-state index contributed by atoms with van der Waals surface area (Å²) in [5.41, 5.74) is 0. The van der Waals surface area contributed by atoms with E-state index in [1.807, 2.05) is 0 Å². The lowest BCUT2D eigenvalue weighted by molar-refractivity contribution is -0.138. The second kappa shape index (κ2) is 11.8. The molecule has 0 unspecified atom stereocenters. The highest BCUT2D eigenvalue weighted by Gasteiger charge is 1.98. The van der Waals surface area contributed by atoms with Crippen molar-refractivity contribution in [1.82, 2.24) is 10.6 Å². The van der Waals surface area contributed by atoms with Crippen molar-refractivity contribution in [2.24, 2.45) is 0 Å². The maximum atomic E-state index is 11.0. The van der Waals surface area contributed by atoms with E-state index in [0.717, 1.165) is 0 Å². The average Bonchev–Trinajstić information content (AvgIpc) is 2.34. The first kappa shape index (κ1) is 16.3. The molecule has 104 valence electrons. The summed E-state index contributed by atoms with van der Waals surface area (Å²) in [6.45, 7) is 1.42. The fourth-order valence-electron chi connectivity index (χ4n) is 0.941. The minimum atomic E-state index is -0.900. The van der Waals surface area contributed by atoms with Crippen molar-refractivity contribution in [1.29, 1.82) is 0 Å². The van der Waals surface area contributed by atoms with Gasteiger partial charge in [0.1, 0.15) is 0 Å². The number of carbonyl (C=O) groups is 3. The van der Waals surface area contributed by atoms with E-state index >= 15 is 0 Å². The van der Waals surface area contributed by atoms with Crippen molar-refractivity contribution in [3.63, 3.8) is 0 Å². The van der Waals surface area contributed by atoms with E-state index in [0.29, 0.717) is 32.8 Å². The Hall–Kier alpha value is -1.67. The van der Waals surface area contributed by atoms with Crippen molar-refractivity contribution in [2.75, 3.05) is 39.5 Å². The molecular formula is C10H18N2O6. The summed E-state index contributed by atoms with van der Waals surface area (Å²) in [6.07, 6.45) is 0.421. The molecule has 2 amide bonds. The number of aliphatic carboxylic acids is 1. The zero-order chi connectivity index (χ0) is 13.6. The monoisotopic (exact) mass is 262 g/mol. The van der Waals surface area contributed by atoms with Crippen molar-refractivity contribution >= 4 is 18.3 Å².